The van der Waals surface area contributed by atoms with Gasteiger partial charge in [0.15, 0.2) is 0 Å². The molecule has 0 spiro atoms. The predicted octanol–water partition coefficient (Wildman–Crippen LogP) is 1.78. The van der Waals surface area contributed by atoms with Crippen molar-refractivity contribution in [2.45, 2.75) is 6.92 Å². The van der Waals surface area contributed by atoms with E-state index in [1.54, 1.807) is 13.0 Å². The van der Waals surface area contributed by atoms with Crippen LogP contribution in [0, 0.1) is 12.7 Å². The van der Waals surface area contributed by atoms with E-state index in [4.69, 9.17) is 0 Å². The molecule has 0 aromatic heterocycles. The van der Waals surface area contributed by atoms with Crippen LogP contribution < -0.4 is 5.32 Å². The summed E-state index contributed by atoms with van der Waals surface area (Å²) in [6.45, 7) is 1.73. The summed E-state index contributed by atoms with van der Waals surface area (Å²) in [5.74, 6) is -2.09. The molecule has 102 valence electrons. The van der Waals surface area contributed by atoms with Crippen molar-refractivity contribution >= 4 is 17.6 Å². The molecule has 0 amide bonds. The zero-order valence-corrected chi connectivity index (χ0v) is 10.8. The van der Waals surface area contributed by atoms with Crippen LogP contribution in [0.3, 0.4) is 0 Å². The maximum absolute atomic E-state index is 13.6. The minimum Gasteiger partial charge on any atom is -0.466 e. The Hall–Kier alpha value is -2.37. The summed E-state index contributed by atoms with van der Waals surface area (Å²) in [6.07, 6.45) is 0.894. The molecule has 1 rings (SSSR count). The Labute approximate surface area is 110 Å². The maximum Gasteiger partial charge on any atom is 0.354 e. The van der Waals surface area contributed by atoms with Crippen LogP contribution in [0.15, 0.2) is 30.0 Å². The lowest BCUT2D eigenvalue weighted by Gasteiger charge is -2.10. The quantitative estimate of drug-likeness (QED) is 0.665. The number of ether oxygens (including phenoxy) is 2. The van der Waals surface area contributed by atoms with E-state index >= 15 is 0 Å². The molecule has 0 aliphatic heterocycles. The summed E-state index contributed by atoms with van der Waals surface area (Å²) in [6, 6.07) is 4.42. The van der Waals surface area contributed by atoms with Crippen molar-refractivity contribution in [3.05, 3.63) is 41.4 Å². The topological polar surface area (TPSA) is 64.6 Å². The molecule has 0 atom stereocenters. The molecule has 0 aliphatic carbocycles. The molecule has 0 aliphatic rings. The number of rotatable bonds is 4. The molecule has 6 heteroatoms. The first-order valence-corrected chi connectivity index (χ1v) is 5.39. The summed E-state index contributed by atoms with van der Waals surface area (Å²) in [5, 5.41) is 2.50. The lowest BCUT2D eigenvalue weighted by molar-refractivity contribution is -0.138. The first-order valence-electron chi connectivity index (χ1n) is 5.39. The van der Waals surface area contributed by atoms with Gasteiger partial charge >= 0.3 is 11.9 Å². The van der Waals surface area contributed by atoms with Crippen molar-refractivity contribution in [1.29, 1.82) is 0 Å². The Kier molecular flexibility index (Phi) is 5.05. The Morgan fingerprint density at radius 1 is 1.26 bits per heavy atom. The van der Waals surface area contributed by atoms with E-state index in [1.165, 1.54) is 19.2 Å². The number of methoxy groups -OCH3 is 2. The van der Waals surface area contributed by atoms with Gasteiger partial charge in [-0.1, -0.05) is 6.07 Å². The Bertz CT molecular complexity index is 525. The van der Waals surface area contributed by atoms with Gasteiger partial charge in [0.05, 0.1) is 26.0 Å². The molecule has 0 radical (unpaired) electrons. The maximum atomic E-state index is 13.6. The zero-order chi connectivity index (χ0) is 14.4. The number of benzene rings is 1. The molecule has 0 bridgehead atoms. The normalized spacial score (nSPS) is 10.8. The van der Waals surface area contributed by atoms with Gasteiger partial charge in [-0.25, -0.2) is 14.0 Å². The van der Waals surface area contributed by atoms with Crippen LogP contribution in [0.4, 0.5) is 10.1 Å². The van der Waals surface area contributed by atoms with Crippen LogP contribution in [-0.4, -0.2) is 26.2 Å². The third-order valence-corrected chi connectivity index (χ3v) is 2.26. The van der Waals surface area contributed by atoms with E-state index < -0.39 is 17.8 Å². The molecule has 0 saturated carbocycles. The Balaban J connectivity index is 3.04. The van der Waals surface area contributed by atoms with E-state index in [0.29, 0.717) is 0 Å². The van der Waals surface area contributed by atoms with Gasteiger partial charge < -0.3 is 14.8 Å². The molecule has 1 N–H and O–H groups in total. The molecular formula is C13H14FNO4. The summed E-state index contributed by atoms with van der Waals surface area (Å²) >= 11 is 0. The van der Waals surface area contributed by atoms with Crippen LogP contribution in [0.1, 0.15) is 5.56 Å². The Morgan fingerprint density at radius 2 is 1.95 bits per heavy atom. The van der Waals surface area contributed by atoms with Gasteiger partial charge in [0, 0.05) is 0 Å². The summed E-state index contributed by atoms with van der Waals surface area (Å²) in [7, 11) is 2.32. The number of hydrogen-bond acceptors (Lipinski definition) is 5. The van der Waals surface area contributed by atoms with E-state index in [2.05, 4.69) is 14.8 Å². The predicted molar refractivity (Wildman–Crippen MR) is 66.9 cm³/mol. The van der Waals surface area contributed by atoms with Crippen LogP contribution >= 0.6 is 0 Å². The summed E-state index contributed by atoms with van der Waals surface area (Å²) < 4.78 is 22.5. The monoisotopic (exact) mass is 267 g/mol. The van der Waals surface area contributed by atoms with Crippen molar-refractivity contribution in [1.82, 2.24) is 0 Å². The van der Waals surface area contributed by atoms with Crippen molar-refractivity contribution in [2.75, 3.05) is 19.5 Å². The highest BCUT2D eigenvalue weighted by atomic mass is 19.1. The molecule has 0 fully saturated rings. The zero-order valence-electron chi connectivity index (χ0n) is 10.8. The van der Waals surface area contributed by atoms with Gasteiger partial charge in [0.25, 0.3) is 0 Å². The average Bonchev–Trinajstić information content (AvgIpc) is 2.39. The average molecular weight is 267 g/mol. The largest absolute Gasteiger partial charge is 0.466 e. The lowest BCUT2D eigenvalue weighted by Crippen LogP contribution is -2.16. The molecule has 5 nitrogen and oxygen atoms in total. The highest BCUT2D eigenvalue weighted by Crippen LogP contribution is 2.17. The first-order chi connectivity index (χ1) is 8.97. The van der Waals surface area contributed by atoms with Crippen molar-refractivity contribution in [2.24, 2.45) is 0 Å². The van der Waals surface area contributed by atoms with E-state index in [9.17, 15) is 14.0 Å². The number of anilines is 1. The third-order valence-electron chi connectivity index (χ3n) is 2.26. The summed E-state index contributed by atoms with van der Waals surface area (Å²) in [4.78, 5) is 22.6. The second-order valence-electron chi connectivity index (χ2n) is 3.68. The number of halogens is 1. The summed E-state index contributed by atoms with van der Waals surface area (Å²) in [5.41, 5.74) is 0.586. The molecule has 1 aromatic rings. The van der Waals surface area contributed by atoms with Crippen LogP contribution in [0.5, 0.6) is 0 Å². The molecule has 1 aromatic carbocycles. The van der Waals surface area contributed by atoms with Gasteiger partial charge in [-0.3, -0.25) is 0 Å². The highest BCUT2D eigenvalue weighted by Gasteiger charge is 2.14. The highest BCUT2D eigenvalue weighted by molar-refractivity contribution is 5.98. The minimum absolute atomic E-state index is 0.0613. The SMILES string of the molecule is COC(=O)/C=C(/Nc1ccc(C)cc1F)C(=O)OC. The fourth-order valence-corrected chi connectivity index (χ4v) is 1.30. The first kappa shape index (κ1) is 14.7. The fraction of sp³-hybridized carbons (Fsp3) is 0.231. The minimum atomic E-state index is -0.801. The van der Waals surface area contributed by atoms with E-state index in [0.717, 1.165) is 18.7 Å². The number of hydrogen-bond donors (Lipinski definition) is 1. The van der Waals surface area contributed by atoms with E-state index in [1.807, 2.05) is 0 Å². The third kappa shape index (κ3) is 4.09. The number of nitrogens with one attached hydrogen (secondary N) is 1. The fourth-order valence-electron chi connectivity index (χ4n) is 1.30. The number of carbonyl (C=O) groups is 2. The number of esters is 2. The van der Waals surface area contributed by atoms with Gasteiger partial charge in [-0.05, 0) is 24.6 Å². The lowest BCUT2D eigenvalue weighted by atomic mass is 10.2. The number of aryl methyl sites for hydroxylation is 1. The molecule has 0 heterocycles. The molecule has 0 saturated heterocycles. The molecule has 19 heavy (non-hydrogen) atoms. The second kappa shape index (κ2) is 6.53. The second-order valence-corrected chi connectivity index (χ2v) is 3.68. The molecular weight excluding hydrogens is 253 g/mol. The van der Waals surface area contributed by atoms with Gasteiger partial charge in [0.1, 0.15) is 11.5 Å². The van der Waals surface area contributed by atoms with Gasteiger partial charge in [-0.15, -0.1) is 0 Å². The number of carbonyl (C=O) groups excluding carboxylic acids is 2. The van der Waals surface area contributed by atoms with Gasteiger partial charge in [0.2, 0.25) is 0 Å². The van der Waals surface area contributed by atoms with Crippen molar-refractivity contribution < 1.29 is 23.5 Å². The smallest absolute Gasteiger partial charge is 0.354 e. The van der Waals surface area contributed by atoms with Gasteiger partial charge in [-0.2, -0.15) is 0 Å². The van der Waals surface area contributed by atoms with Crippen molar-refractivity contribution in [3.8, 4) is 0 Å². The van der Waals surface area contributed by atoms with E-state index in [-0.39, 0.29) is 11.4 Å². The van der Waals surface area contributed by atoms with Crippen LogP contribution in [-0.2, 0) is 19.1 Å². The van der Waals surface area contributed by atoms with Crippen LogP contribution in [0.25, 0.3) is 0 Å². The Morgan fingerprint density at radius 3 is 2.47 bits per heavy atom. The standard InChI is InChI=1S/C13H14FNO4/c1-8-4-5-10(9(14)6-8)15-11(13(17)19-3)7-12(16)18-2/h4-7,15H,1-3H3/b11-7+. The van der Waals surface area contributed by atoms with Crippen LogP contribution in [0.2, 0.25) is 0 Å². The van der Waals surface area contributed by atoms with Crippen molar-refractivity contribution in [3.63, 3.8) is 0 Å². The molecule has 0 unspecified atom stereocenters.